The number of hydrogen-bond acceptors (Lipinski definition) is 8. The van der Waals surface area contributed by atoms with Gasteiger partial charge in [0, 0.05) is 24.2 Å². The van der Waals surface area contributed by atoms with Crippen LogP contribution >= 0.6 is 23.1 Å². The normalized spacial score (nSPS) is 11.9. The van der Waals surface area contributed by atoms with E-state index >= 15 is 0 Å². The van der Waals surface area contributed by atoms with Gasteiger partial charge in [0.25, 0.3) is 10.0 Å². The standard InChI is InChI=1S/C23H23N3O5S3/c1-14(2)31-16-5-6-19-17(12-16)15(4-8-21(27)28)13-26(19)34(29,30)22-9-7-20(33-22)18-10-11-24-23(25-18)32-3/h5-7,9-14H,4,8H2,1-3H3,(H,27,28). The Morgan fingerprint density at radius 1 is 1.24 bits per heavy atom. The molecule has 4 aromatic rings. The summed E-state index contributed by atoms with van der Waals surface area (Å²) in [6.07, 6.45) is 5.07. The molecule has 1 N–H and O–H groups in total. The van der Waals surface area contributed by atoms with Gasteiger partial charge in [0.05, 0.1) is 22.2 Å². The van der Waals surface area contributed by atoms with Crippen molar-refractivity contribution in [1.82, 2.24) is 13.9 Å². The van der Waals surface area contributed by atoms with Crippen LogP contribution in [0.5, 0.6) is 5.75 Å². The number of nitrogens with zero attached hydrogens (tertiary/aromatic N) is 3. The van der Waals surface area contributed by atoms with Gasteiger partial charge in [0.1, 0.15) is 9.96 Å². The van der Waals surface area contributed by atoms with Gasteiger partial charge in [0.15, 0.2) is 5.16 Å². The Bertz CT molecular complexity index is 1460. The van der Waals surface area contributed by atoms with Crippen molar-refractivity contribution in [2.45, 2.75) is 42.2 Å². The molecule has 8 nitrogen and oxygen atoms in total. The summed E-state index contributed by atoms with van der Waals surface area (Å²) in [5.74, 6) is -0.350. The third kappa shape index (κ3) is 4.96. The van der Waals surface area contributed by atoms with Gasteiger partial charge in [-0.3, -0.25) is 4.79 Å². The van der Waals surface area contributed by atoms with Crippen LogP contribution in [0.15, 0.2) is 58.2 Å². The maximum absolute atomic E-state index is 13.6. The molecule has 0 radical (unpaired) electrons. The average Bonchev–Trinajstić information content (AvgIpc) is 3.43. The van der Waals surface area contributed by atoms with Crippen molar-refractivity contribution in [3.05, 3.63) is 54.4 Å². The molecule has 0 bridgehead atoms. The molecule has 3 heterocycles. The van der Waals surface area contributed by atoms with E-state index in [0.29, 0.717) is 37.9 Å². The van der Waals surface area contributed by atoms with E-state index in [1.807, 2.05) is 20.1 Å². The highest BCUT2D eigenvalue weighted by Gasteiger charge is 2.24. The van der Waals surface area contributed by atoms with Crippen LogP contribution in [0.1, 0.15) is 25.8 Å². The molecule has 178 valence electrons. The zero-order chi connectivity index (χ0) is 24.5. The van der Waals surface area contributed by atoms with Gasteiger partial charge in [0.2, 0.25) is 0 Å². The quantitative estimate of drug-likeness (QED) is 0.246. The van der Waals surface area contributed by atoms with Crippen LogP contribution in [-0.4, -0.2) is 45.8 Å². The first kappa shape index (κ1) is 24.2. The van der Waals surface area contributed by atoms with Gasteiger partial charge in [-0.15, -0.1) is 11.3 Å². The number of aromatic nitrogens is 3. The molecule has 0 aliphatic rings. The van der Waals surface area contributed by atoms with Crippen molar-refractivity contribution >= 4 is 50.0 Å². The van der Waals surface area contributed by atoms with Gasteiger partial charge in [-0.25, -0.2) is 13.9 Å². The number of thiophene rings is 1. The number of rotatable bonds is 9. The molecule has 1 aromatic carbocycles. The molecule has 0 atom stereocenters. The van der Waals surface area contributed by atoms with Crippen molar-refractivity contribution < 1.29 is 23.1 Å². The number of carbonyl (C=O) groups is 1. The van der Waals surface area contributed by atoms with Gasteiger partial charge >= 0.3 is 5.97 Å². The zero-order valence-electron chi connectivity index (χ0n) is 18.8. The lowest BCUT2D eigenvalue weighted by Crippen LogP contribution is -2.10. The van der Waals surface area contributed by atoms with Crippen LogP contribution in [0.25, 0.3) is 21.5 Å². The molecule has 0 aliphatic heterocycles. The van der Waals surface area contributed by atoms with Crippen LogP contribution in [0, 0.1) is 0 Å². The third-order valence-electron chi connectivity index (χ3n) is 4.97. The second-order valence-corrected chi connectivity index (χ2v) is 11.6. The highest BCUT2D eigenvalue weighted by molar-refractivity contribution is 7.98. The Hall–Kier alpha value is -2.89. The molecule has 4 rings (SSSR count). The first-order valence-electron chi connectivity index (χ1n) is 10.4. The van der Waals surface area contributed by atoms with E-state index in [2.05, 4.69) is 9.97 Å². The Kier molecular flexibility index (Phi) is 6.96. The first-order chi connectivity index (χ1) is 16.2. The number of carboxylic acids is 1. The lowest BCUT2D eigenvalue weighted by Gasteiger charge is -2.10. The fourth-order valence-corrected chi connectivity index (χ4v) is 6.61. The molecule has 0 saturated carbocycles. The topological polar surface area (TPSA) is 111 Å². The van der Waals surface area contributed by atoms with Crippen molar-refractivity contribution in [3.63, 3.8) is 0 Å². The van der Waals surface area contributed by atoms with Crippen LogP contribution in [-0.2, 0) is 21.2 Å². The second-order valence-electron chi connectivity index (χ2n) is 7.74. The molecule has 0 fully saturated rings. The average molecular weight is 518 g/mol. The number of ether oxygens (including phenoxy) is 1. The number of aliphatic carboxylic acids is 1. The zero-order valence-corrected chi connectivity index (χ0v) is 21.2. The smallest absolute Gasteiger partial charge is 0.303 e. The van der Waals surface area contributed by atoms with E-state index in [0.717, 1.165) is 11.3 Å². The van der Waals surface area contributed by atoms with Crippen LogP contribution in [0.3, 0.4) is 0 Å². The van der Waals surface area contributed by atoms with Crippen LogP contribution in [0.2, 0.25) is 0 Å². The summed E-state index contributed by atoms with van der Waals surface area (Å²) in [6, 6.07) is 10.2. The highest BCUT2D eigenvalue weighted by atomic mass is 32.2. The van der Waals surface area contributed by atoms with E-state index in [4.69, 9.17) is 9.84 Å². The minimum Gasteiger partial charge on any atom is -0.491 e. The van der Waals surface area contributed by atoms with E-state index in [-0.39, 0.29) is 23.2 Å². The minimum absolute atomic E-state index is 0.0521. The monoisotopic (exact) mass is 517 g/mol. The SMILES string of the molecule is CSc1nccc(-c2ccc(S(=O)(=O)n3cc(CCC(=O)O)c4cc(OC(C)C)ccc43)s2)n1. The number of aryl methyl sites for hydroxylation is 1. The molecule has 11 heteroatoms. The molecule has 34 heavy (non-hydrogen) atoms. The lowest BCUT2D eigenvalue weighted by molar-refractivity contribution is -0.136. The van der Waals surface area contributed by atoms with E-state index < -0.39 is 16.0 Å². The van der Waals surface area contributed by atoms with E-state index in [1.54, 1.807) is 42.6 Å². The number of hydrogen-bond donors (Lipinski definition) is 1. The maximum atomic E-state index is 13.6. The Morgan fingerprint density at radius 2 is 2.03 bits per heavy atom. The maximum Gasteiger partial charge on any atom is 0.303 e. The third-order valence-corrected chi connectivity index (χ3v) is 8.78. The Labute approximate surface area is 205 Å². The van der Waals surface area contributed by atoms with Gasteiger partial charge in [-0.05, 0) is 68.5 Å². The summed E-state index contributed by atoms with van der Waals surface area (Å²) in [5, 5.41) is 10.4. The minimum atomic E-state index is -3.92. The summed E-state index contributed by atoms with van der Waals surface area (Å²) < 4.78 is 34.4. The summed E-state index contributed by atoms with van der Waals surface area (Å²) in [6.45, 7) is 3.80. The van der Waals surface area contributed by atoms with Crippen molar-refractivity contribution in [2.24, 2.45) is 0 Å². The Morgan fingerprint density at radius 3 is 2.74 bits per heavy atom. The predicted octanol–water partition coefficient (Wildman–Crippen LogP) is 4.92. The van der Waals surface area contributed by atoms with Gasteiger partial charge in [-0.1, -0.05) is 11.8 Å². The predicted molar refractivity (Wildman–Crippen MR) is 133 cm³/mol. The summed E-state index contributed by atoms with van der Waals surface area (Å²) in [4.78, 5) is 20.5. The fourth-order valence-electron chi connectivity index (χ4n) is 3.50. The molecule has 0 amide bonds. The van der Waals surface area contributed by atoms with Crippen molar-refractivity contribution in [2.75, 3.05) is 6.26 Å². The fraction of sp³-hybridized carbons (Fsp3) is 0.261. The second kappa shape index (κ2) is 9.77. The number of benzene rings is 1. The van der Waals surface area contributed by atoms with E-state index in [1.165, 1.54) is 21.9 Å². The number of carboxylic acid groups (broad SMARTS) is 1. The number of fused-ring (bicyclic) bond motifs is 1. The molecular formula is C23H23N3O5S3. The summed E-state index contributed by atoms with van der Waals surface area (Å²) in [5.41, 5.74) is 1.76. The molecule has 0 spiro atoms. The molecule has 3 aromatic heterocycles. The molecule has 0 unspecified atom stereocenters. The van der Waals surface area contributed by atoms with Crippen LogP contribution in [0.4, 0.5) is 0 Å². The molecular weight excluding hydrogens is 494 g/mol. The Balaban J connectivity index is 1.78. The first-order valence-corrected chi connectivity index (χ1v) is 13.9. The highest BCUT2D eigenvalue weighted by Crippen LogP contribution is 2.35. The lowest BCUT2D eigenvalue weighted by atomic mass is 10.1. The summed E-state index contributed by atoms with van der Waals surface area (Å²) in [7, 11) is -3.92. The molecule has 0 saturated heterocycles. The number of thioether (sulfide) groups is 1. The largest absolute Gasteiger partial charge is 0.491 e. The van der Waals surface area contributed by atoms with Crippen LogP contribution < -0.4 is 4.74 Å². The van der Waals surface area contributed by atoms with Gasteiger partial charge in [-0.2, -0.15) is 8.42 Å². The van der Waals surface area contributed by atoms with Crippen molar-refractivity contribution in [1.29, 1.82) is 0 Å². The summed E-state index contributed by atoms with van der Waals surface area (Å²) >= 11 is 2.54. The molecule has 0 aliphatic carbocycles. The van der Waals surface area contributed by atoms with Gasteiger partial charge < -0.3 is 9.84 Å². The van der Waals surface area contributed by atoms with E-state index in [9.17, 15) is 13.2 Å². The van der Waals surface area contributed by atoms with Crippen molar-refractivity contribution in [3.8, 4) is 16.3 Å².